The van der Waals surface area contributed by atoms with Gasteiger partial charge in [0.05, 0.1) is 15.1 Å². The number of alkyl halides is 6. The molecular formula is C21H18Cl3F6N3O2. The number of carbonyl (C=O) groups excluding carboxylic acids is 1. The van der Waals surface area contributed by atoms with Gasteiger partial charge in [0.25, 0.3) is 0 Å². The summed E-state index contributed by atoms with van der Waals surface area (Å²) in [5, 5.41) is 12.4. The molecular weight excluding hydrogens is 547 g/mol. The molecule has 2 atom stereocenters. The maximum Gasteiger partial charge on any atom is 0.433 e. The van der Waals surface area contributed by atoms with Crippen molar-refractivity contribution in [3.63, 3.8) is 0 Å². The lowest BCUT2D eigenvalue weighted by atomic mass is 9.77. The Morgan fingerprint density at radius 1 is 1.17 bits per heavy atom. The van der Waals surface area contributed by atoms with Crippen molar-refractivity contribution in [2.75, 3.05) is 11.4 Å². The number of nitrogens with one attached hydrogen (secondary N) is 1. The minimum atomic E-state index is -5.04. The van der Waals surface area contributed by atoms with Gasteiger partial charge in [-0.1, -0.05) is 47.8 Å². The Morgan fingerprint density at radius 2 is 1.77 bits per heavy atom. The maximum absolute atomic E-state index is 14.4. The van der Waals surface area contributed by atoms with Gasteiger partial charge in [-0.15, -0.1) is 0 Å². The Kier molecular flexibility index (Phi) is 7.77. The van der Waals surface area contributed by atoms with Crippen LogP contribution >= 0.6 is 34.8 Å². The highest BCUT2D eigenvalue weighted by Gasteiger charge is 2.65. The third kappa shape index (κ3) is 5.14. The number of halogens is 9. The number of aliphatic hydroxyl groups is 1. The average Bonchev–Trinajstić information content (AvgIpc) is 3.12. The van der Waals surface area contributed by atoms with Crippen LogP contribution in [0, 0.1) is 0 Å². The Bertz CT molecular complexity index is 1110. The molecule has 1 fully saturated rings. The van der Waals surface area contributed by atoms with Gasteiger partial charge >= 0.3 is 12.4 Å². The Balaban J connectivity index is 2.06. The van der Waals surface area contributed by atoms with E-state index in [1.54, 1.807) is 0 Å². The lowest BCUT2D eigenvalue weighted by Gasteiger charge is -2.37. The highest BCUT2D eigenvalue weighted by atomic mass is 35.5. The number of rotatable bonds is 5. The number of carbonyl (C=O) groups is 1. The quantitative estimate of drug-likeness (QED) is 0.340. The van der Waals surface area contributed by atoms with Gasteiger partial charge in [-0.3, -0.25) is 4.79 Å². The predicted octanol–water partition coefficient (Wildman–Crippen LogP) is 6.12. The van der Waals surface area contributed by atoms with Crippen molar-refractivity contribution in [2.45, 2.75) is 50.3 Å². The molecule has 0 aliphatic carbocycles. The fourth-order valence-electron chi connectivity index (χ4n) is 3.96. The molecule has 2 aromatic rings. The second-order valence-electron chi connectivity index (χ2n) is 7.85. The molecule has 0 bridgehead atoms. The minimum absolute atomic E-state index is 0.0467. The lowest BCUT2D eigenvalue weighted by molar-refractivity contribution is -0.210. The van der Waals surface area contributed by atoms with Gasteiger partial charge in [-0.2, -0.15) is 26.3 Å². The fraction of sp³-hybridized carbons (Fsp3) is 0.429. The largest absolute Gasteiger partial charge is 0.433 e. The highest BCUT2D eigenvalue weighted by Crippen LogP contribution is 2.53. The number of pyridine rings is 1. The van der Waals surface area contributed by atoms with Crippen molar-refractivity contribution in [2.24, 2.45) is 0 Å². The van der Waals surface area contributed by atoms with Crippen LogP contribution in [-0.2, 0) is 22.9 Å². The van der Waals surface area contributed by atoms with Crippen molar-refractivity contribution in [3.05, 3.63) is 56.2 Å². The monoisotopic (exact) mass is 563 g/mol. The van der Waals surface area contributed by atoms with Gasteiger partial charge in [0.1, 0.15) is 17.5 Å². The highest BCUT2D eigenvalue weighted by molar-refractivity contribution is 6.48. The SMILES string of the molecule is CCC(=O)NCc1ccc(N2CCC(c3cc(Cl)c(Cl)c(Cl)c3)(C(F)(F)F)C2O)nc1C(F)(F)F. The van der Waals surface area contributed by atoms with E-state index in [1.807, 2.05) is 0 Å². The van der Waals surface area contributed by atoms with E-state index >= 15 is 0 Å². The second-order valence-corrected chi connectivity index (χ2v) is 9.04. The molecule has 1 amide bonds. The van der Waals surface area contributed by atoms with Gasteiger partial charge in [-0.05, 0) is 30.2 Å². The lowest BCUT2D eigenvalue weighted by Crippen LogP contribution is -2.52. The molecule has 0 saturated carbocycles. The topological polar surface area (TPSA) is 65.5 Å². The summed E-state index contributed by atoms with van der Waals surface area (Å²) in [4.78, 5) is 15.7. The van der Waals surface area contributed by atoms with Crippen LogP contribution in [0.15, 0.2) is 24.3 Å². The van der Waals surface area contributed by atoms with Gasteiger partial charge in [0.15, 0.2) is 5.69 Å². The van der Waals surface area contributed by atoms with Crippen LogP contribution in [-0.4, -0.2) is 34.9 Å². The van der Waals surface area contributed by atoms with Gasteiger partial charge in [0.2, 0.25) is 5.91 Å². The molecule has 3 rings (SSSR count). The number of amides is 1. The number of benzene rings is 1. The molecule has 1 aliphatic rings. The zero-order valence-electron chi connectivity index (χ0n) is 17.9. The van der Waals surface area contributed by atoms with E-state index < -0.39 is 66.5 Å². The van der Waals surface area contributed by atoms with Crippen molar-refractivity contribution in [1.29, 1.82) is 0 Å². The molecule has 0 radical (unpaired) electrons. The summed E-state index contributed by atoms with van der Waals surface area (Å²) in [6.07, 6.45) is -13.0. The summed E-state index contributed by atoms with van der Waals surface area (Å²) in [7, 11) is 0. The molecule has 2 N–H and O–H groups in total. The van der Waals surface area contributed by atoms with Crippen molar-refractivity contribution < 1.29 is 36.2 Å². The predicted molar refractivity (Wildman–Crippen MR) is 119 cm³/mol. The molecule has 1 saturated heterocycles. The van der Waals surface area contributed by atoms with Crippen LogP contribution in [0.5, 0.6) is 0 Å². The van der Waals surface area contributed by atoms with Crippen molar-refractivity contribution in [1.82, 2.24) is 10.3 Å². The maximum atomic E-state index is 14.4. The van der Waals surface area contributed by atoms with Gasteiger partial charge in [-0.25, -0.2) is 4.98 Å². The zero-order chi connectivity index (χ0) is 26.3. The summed E-state index contributed by atoms with van der Waals surface area (Å²) in [6.45, 7) is 0.560. The van der Waals surface area contributed by atoms with Crippen LogP contribution in [0.4, 0.5) is 32.2 Å². The molecule has 2 unspecified atom stereocenters. The second kappa shape index (κ2) is 9.84. The van der Waals surface area contributed by atoms with Crippen LogP contribution in [0.2, 0.25) is 15.1 Å². The third-order valence-electron chi connectivity index (χ3n) is 5.81. The van der Waals surface area contributed by atoms with Crippen LogP contribution in [0.3, 0.4) is 0 Å². The normalized spacial score (nSPS) is 20.9. The number of nitrogens with zero attached hydrogens (tertiary/aromatic N) is 2. The first-order valence-electron chi connectivity index (χ1n) is 10.1. The molecule has 1 aromatic carbocycles. The summed E-state index contributed by atoms with van der Waals surface area (Å²) in [5.41, 5.74) is -5.19. The van der Waals surface area contributed by atoms with Crippen molar-refractivity contribution >= 4 is 46.5 Å². The van der Waals surface area contributed by atoms with E-state index in [1.165, 1.54) is 6.92 Å². The number of hydrogen-bond acceptors (Lipinski definition) is 4. The van der Waals surface area contributed by atoms with Crippen molar-refractivity contribution in [3.8, 4) is 0 Å². The summed E-state index contributed by atoms with van der Waals surface area (Å²) in [6, 6.07) is 3.89. The van der Waals surface area contributed by atoms with E-state index in [0.717, 1.165) is 29.2 Å². The van der Waals surface area contributed by atoms with E-state index in [4.69, 9.17) is 34.8 Å². The van der Waals surface area contributed by atoms with E-state index in [2.05, 4.69) is 10.3 Å². The number of aliphatic hydroxyl groups excluding tert-OH is 1. The van der Waals surface area contributed by atoms with E-state index in [9.17, 15) is 36.2 Å². The summed E-state index contributed by atoms with van der Waals surface area (Å²) in [5.74, 6) is -1.01. The number of anilines is 1. The number of hydrogen-bond donors (Lipinski definition) is 2. The summed E-state index contributed by atoms with van der Waals surface area (Å²) < 4.78 is 84.2. The number of aromatic nitrogens is 1. The first kappa shape index (κ1) is 27.6. The van der Waals surface area contributed by atoms with Crippen LogP contribution in [0.25, 0.3) is 0 Å². The molecule has 5 nitrogen and oxygen atoms in total. The van der Waals surface area contributed by atoms with Crippen LogP contribution < -0.4 is 10.2 Å². The molecule has 1 aliphatic heterocycles. The molecule has 0 spiro atoms. The molecule has 192 valence electrons. The first-order chi connectivity index (χ1) is 16.1. The standard InChI is InChI=1S/C21H18Cl3F6N3O2/c1-2-15(34)31-9-10-3-4-14(32-17(10)20(25,26)27)33-6-5-19(18(33)35,21(28,29)30)11-7-12(22)16(24)13(23)8-11/h3-4,7-8,18,35H,2,5-6,9H2,1H3,(H,31,34). The van der Waals surface area contributed by atoms with Gasteiger partial charge in [0, 0.05) is 25.1 Å². The molecule has 2 heterocycles. The zero-order valence-corrected chi connectivity index (χ0v) is 20.1. The molecule has 1 aromatic heterocycles. The fourth-order valence-corrected chi connectivity index (χ4v) is 4.55. The Labute approximate surface area is 211 Å². The summed E-state index contributed by atoms with van der Waals surface area (Å²) >= 11 is 17.7. The first-order valence-corrected chi connectivity index (χ1v) is 11.3. The van der Waals surface area contributed by atoms with Gasteiger partial charge < -0.3 is 15.3 Å². The molecule has 35 heavy (non-hydrogen) atoms. The molecule has 14 heteroatoms. The third-order valence-corrected chi connectivity index (χ3v) is 7.01. The Hall–Kier alpha value is -1.95. The van der Waals surface area contributed by atoms with Crippen LogP contribution in [0.1, 0.15) is 36.6 Å². The van der Waals surface area contributed by atoms with E-state index in [-0.39, 0.29) is 27.1 Å². The minimum Gasteiger partial charge on any atom is -0.372 e. The Morgan fingerprint density at radius 3 is 2.29 bits per heavy atom. The van der Waals surface area contributed by atoms with E-state index in [0.29, 0.717) is 0 Å². The average molecular weight is 565 g/mol. The smallest absolute Gasteiger partial charge is 0.372 e.